The minimum absolute atomic E-state index is 0.139. The second-order valence-corrected chi connectivity index (χ2v) is 8.62. The molecule has 1 aromatic heterocycles. The molecule has 0 bridgehead atoms. The van der Waals surface area contributed by atoms with Crippen molar-refractivity contribution in [1.82, 2.24) is 9.71 Å². The Balaban J connectivity index is 1.70. The number of nitrogens with one attached hydrogen (secondary N) is 2. The number of hydrogen-bond acceptors (Lipinski definition) is 5. The van der Waals surface area contributed by atoms with E-state index in [-0.39, 0.29) is 5.91 Å². The molecule has 1 heterocycles. The third-order valence-electron chi connectivity index (χ3n) is 3.74. The van der Waals surface area contributed by atoms with Crippen LogP contribution in [0.15, 0.2) is 48.7 Å². The van der Waals surface area contributed by atoms with Gasteiger partial charge in [-0.25, -0.2) is 18.1 Å². The summed E-state index contributed by atoms with van der Waals surface area (Å²) >= 11 is 0. The first-order valence-electron chi connectivity index (χ1n) is 8.84. The Bertz CT molecular complexity index is 822. The van der Waals surface area contributed by atoms with Gasteiger partial charge in [-0.05, 0) is 44.9 Å². The van der Waals surface area contributed by atoms with E-state index < -0.39 is 15.3 Å². The fraction of sp³-hybridized carbons (Fsp3) is 0.368. The molecule has 0 radical (unpaired) electrons. The van der Waals surface area contributed by atoms with Crippen molar-refractivity contribution in [2.24, 2.45) is 0 Å². The monoisotopic (exact) mass is 391 g/mol. The first-order valence-corrected chi connectivity index (χ1v) is 10.4. The van der Waals surface area contributed by atoms with Crippen LogP contribution in [0.4, 0.5) is 5.69 Å². The summed E-state index contributed by atoms with van der Waals surface area (Å²) in [5, 5.41) is 2.31. The number of unbranched alkanes of at least 4 members (excludes halogenated alkanes) is 1. The number of carbonyl (C=O) groups is 1. The van der Waals surface area contributed by atoms with Gasteiger partial charge in [0.15, 0.2) is 0 Å². The van der Waals surface area contributed by atoms with Gasteiger partial charge in [-0.15, -0.1) is 0 Å². The van der Waals surface area contributed by atoms with E-state index in [9.17, 15) is 13.2 Å². The van der Waals surface area contributed by atoms with Crippen LogP contribution < -0.4 is 14.8 Å². The maximum Gasteiger partial charge on any atom is 0.224 e. The van der Waals surface area contributed by atoms with E-state index >= 15 is 0 Å². The number of aromatic nitrogens is 1. The normalized spacial score (nSPS) is 11.4. The SMILES string of the molecule is CC(C)S(=O)(=O)NCCCCC(=O)Nc1ccc(Oc2ccccc2)nc1. The van der Waals surface area contributed by atoms with Crippen LogP contribution >= 0.6 is 0 Å². The Morgan fingerprint density at radius 1 is 1.11 bits per heavy atom. The Morgan fingerprint density at radius 2 is 1.85 bits per heavy atom. The number of benzene rings is 1. The highest BCUT2D eigenvalue weighted by Gasteiger charge is 2.14. The zero-order chi connectivity index (χ0) is 19.7. The third kappa shape index (κ3) is 7.36. The van der Waals surface area contributed by atoms with E-state index in [0.29, 0.717) is 43.1 Å². The standard InChI is InChI=1S/C19H25N3O4S/c1-15(2)27(24,25)21-13-7-6-10-18(23)22-16-11-12-19(20-14-16)26-17-8-4-3-5-9-17/h3-5,8-9,11-12,14-15,21H,6-7,10,13H2,1-2H3,(H,22,23). The highest BCUT2D eigenvalue weighted by atomic mass is 32.2. The Hall–Kier alpha value is -2.45. The Kier molecular flexibility index (Phi) is 7.75. The van der Waals surface area contributed by atoms with Gasteiger partial charge in [-0.2, -0.15) is 0 Å². The molecule has 0 unspecified atom stereocenters. The van der Waals surface area contributed by atoms with Gasteiger partial charge in [0.25, 0.3) is 0 Å². The summed E-state index contributed by atoms with van der Waals surface area (Å²) in [5.74, 6) is 0.992. The van der Waals surface area contributed by atoms with Gasteiger partial charge in [-0.3, -0.25) is 4.79 Å². The number of carbonyl (C=O) groups excluding carboxylic acids is 1. The average Bonchev–Trinajstić information content (AvgIpc) is 2.64. The zero-order valence-electron chi connectivity index (χ0n) is 15.5. The van der Waals surface area contributed by atoms with Gasteiger partial charge in [-0.1, -0.05) is 18.2 Å². The van der Waals surface area contributed by atoms with Crippen LogP contribution in [0.3, 0.4) is 0 Å². The predicted octanol–water partition coefficient (Wildman–Crippen LogP) is 3.31. The number of amides is 1. The molecule has 0 aliphatic rings. The van der Waals surface area contributed by atoms with Gasteiger partial charge in [0.05, 0.1) is 17.1 Å². The summed E-state index contributed by atoms with van der Waals surface area (Å²) in [7, 11) is -3.24. The summed E-state index contributed by atoms with van der Waals surface area (Å²) < 4.78 is 31.3. The molecular weight excluding hydrogens is 366 g/mol. The lowest BCUT2D eigenvalue weighted by molar-refractivity contribution is -0.116. The van der Waals surface area contributed by atoms with Crippen LogP contribution in [-0.2, 0) is 14.8 Å². The minimum atomic E-state index is -3.24. The van der Waals surface area contributed by atoms with Crippen molar-refractivity contribution in [3.8, 4) is 11.6 Å². The van der Waals surface area contributed by atoms with E-state index in [2.05, 4.69) is 15.0 Å². The predicted molar refractivity (Wildman–Crippen MR) is 105 cm³/mol. The van der Waals surface area contributed by atoms with Gasteiger partial charge in [0.1, 0.15) is 5.75 Å². The molecule has 0 aliphatic carbocycles. The molecule has 1 amide bonds. The highest BCUT2D eigenvalue weighted by molar-refractivity contribution is 7.90. The van der Waals surface area contributed by atoms with Gasteiger partial charge < -0.3 is 10.1 Å². The molecule has 2 aromatic rings. The van der Waals surface area contributed by atoms with Gasteiger partial charge >= 0.3 is 0 Å². The second kappa shape index (κ2) is 10.0. The lowest BCUT2D eigenvalue weighted by Gasteiger charge is -2.09. The summed E-state index contributed by atoms with van der Waals surface area (Å²) in [4.78, 5) is 16.1. The molecule has 8 heteroatoms. The second-order valence-electron chi connectivity index (χ2n) is 6.29. The van der Waals surface area contributed by atoms with E-state index in [1.54, 1.807) is 26.0 Å². The fourth-order valence-corrected chi connectivity index (χ4v) is 2.90. The lowest BCUT2D eigenvalue weighted by atomic mass is 10.2. The molecule has 146 valence electrons. The number of anilines is 1. The van der Waals surface area contributed by atoms with Crippen LogP contribution in [0.2, 0.25) is 0 Å². The van der Waals surface area contributed by atoms with E-state index in [0.717, 1.165) is 0 Å². The fourth-order valence-electron chi connectivity index (χ4n) is 2.14. The molecule has 2 rings (SSSR count). The van der Waals surface area contributed by atoms with Gasteiger partial charge in [0, 0.05) is 19.0 Å². The number of sulfonamides is 1. The van der Waals surface area contributed by atoms with E-state index in [4.69, 9.17) is 4.74 Å². The Labute approximate surface area is 160 Å². The molecule has 0 atom stereocenters. The molecule has 7 nitrogen and oxygen atoms in total. The van der Waals surface area contributed by atoms with Crippen LogP contribution in [0.5, 0.6) is 11.6 Å². The van der Waals surface area contributed by atoms with Crippen molar-refractivity contribution in [2.75, 3.05) is 11.9 Å². The summed E-state index contributed by atoms with van der Waals surface area (Å²) in [5.41, 5.74) is 0.584. The van der Waals surface area contributed by atoms with Crippen molar-refractivity contribution in [3.63, 3.8) is 0 Å². The van der Waals surface area contributed by atoms with Crippen molar-refractivity contribution < 1.29 is 17.9 Å². The van der Waals surface area contributed by atoms with E-state index in [1.165, 1.54) is 6.20 Å². The first-order chi connectivity index (χ1) is 12.9. The molecule has 2 N–H and O–H groups in total. The summed E-state index contributed by atoms with van der Waals surface area (Å²) in [6.07, 6.45) is 3.04. The molecule has 0 saturated carbocycles. The quantitative estimate of drug-likeness (QED) is 0.606. The molecular formula is C19H25N3O4S. The van der Waals surface area contributed by atoms with Crippen LogP contribution in [0, 0.1) is 0 Å². The lowest BCUT2D eigenvalue weighted by Crippen LogP contribution is -2.31. The third-order valence-corrected chi connectivity index (χ3v) is 5.59. The molecule has 1 aromatic carbocycles. The maximum atomic E-state index is 11.9. The largest absolute Gasteiger partial charge is 0.439 e. The molecule has 0 spiro atoms. The van der Waals surface area contributed by atoms with Crippen LogP contribution in [0.25, 0.3) is 0 Å². The first kappa shape index (κ1) is 20.9. The van der Waals surface area contributed by atoms with Crippen LogP contribution in [-0.4, -0.2) is 31.1 Å². The topological polar surface area (TPSA) is 97.4 Å². The Morgan fingerprint density at radius 3 is 2.48 bits per heavy atom. The van der Waals surface area contributed by atoms with Crippen molar-refractivity contribution in [2.45, 2.75) is 38.4 Å². The van der Waals surface area contributed by atoms with Crippen molar-refractivity contribution >= 4 is 21.6 Å². The van der Waals surface area contributed by atoms with Crippen molar-refractivity contribution in [3.05, 3.63) is 48.7 Å². The maximum absolute atomic E-state index is 11.9. The zero-order valence-corrected chi connectivity index (χ0v) is 16.3. The smallest absolute Gasteiger partial charge is 0.224 e. The van der Waals surface area contributed by atoms with Crippen molar-refractivity contribution in [1.29, 1.82) is 0 Å². The number of nitrogens with zero attached hydrogens (tertiary/aromatic N) is 1. The summed E-state index contributed by atoms with van der Waals surface area (Å²) in [6.45, 7) is 3.58. The number of rotatable bonds is 10. The number of pyridine rings is 1. The molecule has 27 heavy (non-hydrogen) atoms. The van der Waals surface area contributed by atoms with Gasteiger partial charge in [0.2, 0.25) is 21.8 Å². The van der Waals surface area contributed by atoms with Crippen LogP contribution in [0.1, 0.15) is 33.1 Å². The summed E-state index contributed by atoms with van der Waals surface area (Å²) in [6, 6.07) is 12.7. The minimum Gasteiger partial charge on any atom is -0.439 e. The number of para-hydroxylation sites is 1. The molecule has 0 fully saturated rings. The number of hydrogen-bond donors (Lipinski definition) is 2. The average molecular weight is 391 g/mol. The molecule has 0 saturated heterocycles. The highest BCUT2D eigenvalue weighted by Crippen LogP contribution is 2.19. The molecule has 0 aliphatic heterocycles. The van der Waals surface area contributed by atoms with E-state index in [1.807, 2.05) is 30.3 Å². The number of ether oxygens (including phenoxy) is 1.